The summed E-state index contributed by atoms with van der Waals surface area (Å²) in [5, 5.41) is 0. The lowest BCUT2D eigenvalue weighted by molar-refractivity contribution is -0.137. The lowest BCUT2D eigenvalue weighted by atomic mass is 9.83. The lowest BCUT2D eigenvalue weighted by Crippen LogP contribution is -2.32. The van der Waals surface area contributed by atoms with E-state index in [0.29, 0.717) is 45.8 Å². The molecule has 1 atom stereocenters. The zero-order valence-electron chi connectivity index (χ0n) is 18.0. The van der Waals surface area contributed by atoms with E-state index in [1.54, 1.807) is 29.4 Å². The first kappa shape index (κ1) is 23.1. The number of hydrogen-bond donors (Lipinski definition) is 0. The first-order valence-electron chi connectivity index (χ1n) is 9.82. The monoisotopic (exact) mass is 495 g/mol. The van der Waals surface area contributed by atoms with Gasteiger partial charge in [-0.25, -0.2) is 9.59 Å². The maximum Gasteiger partial charge on any atom is 0.336 e. The Labute approximate surface area is 189 Å². The molecule has 9 heteroatoms. The number of methoxy groups -OCH3 is 4. The van der Waals surface area contributed by atoms with Gasteiger partial charge in [-0.2, -0.15) is 0 Å². The van der Waals surface area contributed by atoms with Gasteiger partial charge in [-0.05, 0) is 46.5 Å². The standard InChI is InChI=1S/C22H26BrNO7/c1-27-18-9-13(8-17(23)20(18)28-2)19-15(21(25)29-3)11-24(10-14-6-5-7-31-14)12-16(19)22(26)30-4/h8-9,11-12,14,19H,5-7,10H2,1-4H3. The van der Waals surface area contributed by atoms with E-state index in [0.717, 1.165) is 12.8 Å². The lowest BCUT2D eigenvalue weighted by Gasteiger charge is -2.31. The summed E-state index contributed by atoms with van der Waals surface area (Å²) < 4.78 is 27.3. The van der Waals surface area contributed by atoms with Crippen LogP contribution in [0.1, 0.15) is 24.3 Å². The molecule has 0 aliphatic carbocycles. The zero-order valence-corrected chi connectivity index (χ0v) is 19.6. The first-order chi connectivity index (χ1) is 14.9. The number of benzene rings is 1. The van der Waals surface area contributed by atoms with E-state index in [-0.39, 0.29) is 6.10 Å². The van der Waals surface area contributed by atoms with E-state index in [9.17, 15) is 9.59 Å². The van der Waals surface area contributed by atoms with Gasteiger partial charge in [0.2, 0.25) is 0 Å². The average Bonchev–Trinajstić information content (AvgIpc) is 3.29. The molecule has 1 saturated heterocycles. The molecule has 0 spiro atoms. The smallest absolute Gasteiger partial charge is 0.336 e. The highest BCUT2D eigenvalue weighted by Crippen LogP contribution is 2.43. The van der Waals surface area contributed by atoms with Crippen LogP contribution < -0.4 is 9.47 Å². The summed E-state index contributed by atoms with van der Waals surface area (Å²) in [6, 6.07) is 3.52. The summed E-state index contributed by atoms with van der Waals surface area (Å²) in [4.78, 5) is 27.3. The van der Waals surface area contributed by atoms with Crippen molar-refractivity contribution in [3.8, 4) is 11.5 Å². The van der Waals surface area contributed by atoms with Gasteiger partial charge in [-0.3, -0.25) is 0 Å². The summed E-state index contributed by atoms with van der Waals surface area (Å²) >= 11 is 3.48. The molecule has 2 heterocycles. The molecule has 0 N–H and O–H groups in total. The molecule has 31 heavy (non-hydrogen) atoms. The van der Waals surface area contributed by atoms with Crippen LogP contribution in [0, 0.1) is 0 Å². The van der Waals surface area contributed by atoms with Gasteiger partial charge in [0.15, 0.2) is 11.5 Å². The van der Waals surface area contributed by atoms with Gasteiger partial charge in [0.25, 0.3) is 0 Å². The van der Waals surface area contributed by atoms with Gasteiger partial charge in [0.1, 0.15) is 0 Å². The Hall–Kier alpha value is -2.52. The molecule has 1 fully saturated rings. The van der Waals surface area contributed by atoms with Crippen molar-refractivity contribution in [2.45, 2.75) is 24.9 Å². The van der Waals surface area contributed by atoms with Gasteiger partial charge < -0.3 is 28.6 Å². The number of rotatable bonds is 7. The summed E-state index contributed by atoms with van der Waals surface area (Å²) in [5.41, 5.74) is 1.26. The number of nitrogens with zero attached hydrogens (tertiary/aromatic N) is 1. The summed E-state index contributed by atoms with van der Waals surface area (Å²) in [7, 11) is 5.68. The number of carbonyl (C=O) groups is 2. The minimum atomic E-state index is -0.711. The maximum absolute atomic E-state index is 12.8. The van der Waals surface area contributed by atoms with Gasteiger partial charge in [-0.1, -0.05) is 0 Å². The number of esters is 2. The van der Waals surface area contributed by atoms with E-state index < -0.39 is 17.9 Å². The highest BCUT2D eigenvalue weighted by Gasteiger charge is 2.36. The van der Waals surface area contributed by atoms with Crippen molar-refractivity contribution in [2.24, 2.45) is 0 Å². The summed E-state index contributed by atoms with van der Waals surface area (Å²) in [6.45, 7) is 1.23. The van der Waals surface area contributed by atoms with E-state index in [1.807, 2.05) is 0 Å². The number of halogens is 1. The van der Waals surface area contributed by atoms with Crippen molar-refractivity contribution in [3.05, 3.63) is 45.7 Å². The molecular formula is C22H26BrNO7. The largest absolute Gasteiger partial charge is 0.493 e. The molecule has 0 bridgehead atoms. The van der Waals surface area contributed by atoms with Gasteiger partial charge in [0, 0.05) is 25.6 Å². The summed E-state index contributed by atoms with van der Waals surface area (Å²) in [5.74, 6) is -0.821. The molecule has 0 saturated carbocycles. The van der Waals surface area contributed by atoms with E-state index in [2.05, 4.69) is 15.9 Å². The van der Waals surface area contributed by atoms with Crippen molar-refractivity contribution < 1.29 is 33.3 Å². The van der Waals surface area contributed by atoms with E-state index in [4.69, 9.17) is 23.7 Å². The van der Waals surface area contributed by atoms with Gasteiger partial charge >= 0.3 is 11.9 Å². The Kier molecular flexibility index (Phi) is 7.61. The van der Waals surface area contributed by atoms with Crippen LogP contribution in [0.5, 0.6) is 11.5 Å². The second kappa shape index (κ2) is 10.2. The zero-order chi connectivity index (χ0) is 22.5. The summed E-state index contributed by atoms with van der Waals surface area (Å²) in [6.07, 6.45) is 5.34. The third-order valence-corrected chi connectivity index (χ3v) is 5.89. The molecular weight excluding hydrogens is 470 g/mol. The molecule has 0 radical (unpaired) electrons. The van der Waals surface area contributed by atoms with Crippen LogP contribution in [0.2, 0.25) is 0 Å². The quantitative estimate of drug-likeness (QED) is 0.533. The first-order valence-corrected chi connectivity index (χ1v) is 10.6. The second-order valence-corrected chi connectivity index (χ2v) is 8.01. The Bertz CT molecular complexity index is 871. The molecule has 2 aliphatic rings. The van der Waals surface area contributed by atoms with Crippen molar-refractivity contribution in [3.63, 3.8) is 0 Å². The molecule has 8 nitrogen and oxygen atoms in total. The van der Waals surface area contributed by atoms with Crippen molar-refractivity contribution >= 4 is 27.9 Å². The van der Waals surface area contributed by atoms with Crippen LogP contribution in [0.3, 0.4) is 0 Å². The third kappa shape index (κ3) is 4.88. The van der Waals surface area contributed by atoms with Crippen LogP contribution in [-0.2, 0) is 23.8 Å². The predicted molar refractivity (Wildman–Crippen MR) is 116 cm³/mol. The van der Waals surface area contributed by atoms with Gasteiger partial charge in [0.05, 0.1) is 56.1 Å². The van der Waals surface area contributed by atoms with Crippen LogP contribution in [0.4, 0.5) is 0 Å². The fourth-order valence-electron chi connectivity index (χ4n) is 3.88. The molecule has 1 aromatic rings. The fraction of sp³-hybridized carbons (Fsp3) is 0.455. The number of ether oxygens (including phenoxy) is 5. The molecule has 1 aromatic carbocycles. The SMILES string of the molecule is COC(=O)C1=CN(CC2CCCO2)C=C(C(=O)OC)C1c1cc(Br)c(OC)c(OC)c1. The minimum Gasteiger partial charge on any atom is -0.493 e. The van der Waals surface area contributed by atoms with E-state index in [1.165, 1.54) is 28.4 Å². The Morgan fingerprint density at radius 2 is 1.71 bits per heavy atom. The minimum absolute atomic E-state index is 0.0251. The topological polar surface area (TPSA) is 83.5 Å². The fourth-order valence-corrected chi connectivity index (χ4v) is 4.50. The molecule has 3 rings (SSSR count). The number of hydrogen-bond acceptors (Lipinski definition) is 8. The predicted octanol–water partition coefficient (Wildman–Crippen LogP) is 3.16. The second-order valence-electron chi connectivity index (χ2n) is 7.16. The Morgan fingerprint density at radius 1 is 1.06 bits per heavy atom. The highest BCUT2D eigenvalue weighted by atomic mass is 79.9. The van der Waals surface area contributed by atoms with Crippen molar-refractivity contribution in [1.29, 1.82) is 0 Å². The highest BCUT2D eigenvalue weighted by molar-refractivity contribution is 9.10. The van der Waals surface area contributed by atoms with E-state index >= 15 is 0 Å². The number of carbonyl (C=O) groups excluding carboxylic acids is 2. The molecule has 168 valence electrons. The molecule has 0 amide bonds. The maximum atomic E-state index is 12.8. The normalized spacial score (nSPS) is 18.9. The molecule has 0 aromatic heterocycles. The van der Waals surface area contributed by atoms with Crippen LogP contribution >= 0.6 is 15.9 Å². The molecule has 1 unspecified atom stereocenters. The van der Waals surface area contributed by atoms with Crippen molar-refractivity contribution in [1.82, 2.24) is 4.90 Å². The Morgan fingerprint density at radius 3 is 2.19 bits per heavy atom. The average molecular weight is 496 g/mol. The molecule has 2 aliphatic heterocycles. The van der Waals surface area contributed by atoms with Gasteiger partial charge in [-0.15, -0.1) is 0 Å². The van der Waals surface area contributed by atoms with Crippen LogP contribution in [0.15, 0.2) is 40.2 Å². The van der Waals surface area contributed by atoms with Crippen LogP contribution in [0.25, 0.3) is 0 Å². The Balaban J connectivity index is 2.11. The third-order valence-electron chi connectivity index (χ3n) is 5.30. The van der Waals surface area contributed by atoms with Crippen LogP contribution in [-0.4, -0.2) is 64.5 Å². The van der Waals surface area contributed by atoms with Crippen molar-refractivity contribution in [2.75, 3.05) is 41.6 Å².